The Hall–Kier alpha value is -2.76. The number of hydrogen-bond donors (Lipinski definition) is 2. The van der Waals surface area contributed by atoms with Crippen LogP contribution in [0.3, 0.4) is 0 Å². The fourth-order valence-corrected chi connectivity index (χ4v) is 2.19. The quantitative estimate of drug-likeness (QED) is 0.819. The van der Waals surface area contributed by atoms with Crippen molar-refractivity contribution in [2.24, 2.45) is 0 Å². The van der Waals surface area contributed by atoms with Crippen molar-refractivity contribution in [3.8, 4) is 5.75 Å². The van der Waals surface area contributed by atoms with E-state index >= 15 is 0 Å². The highest BCUT2D eigenvalue weighted by Crippen LogP contribution is 2.23. The van der Waals surface area contributed by atoms with Crippen LogP contribution < -0.4 is 10.1 Å². The Balaban J connectivity index is 1.87. The maximum atomic E-state index is 12.0. The normalized spacial score (nSPS) is 11.7. The summed E-state index contributed by atoms with van der Waals surface area (Å²) in [7, 11) is 1.60. The third-order valence-electron chi connectivity index (χ3n) is 3.49. The van der Waals surface area contributed by atoms with Crippen LogP contribution in [-0.2, 0) is 11.3 Å². The first-order valence-electron chi connectivity index (χ1n) is 7.22. The first-order chi connectivity index (χ1) is 11.0. The van der Waals surface area contributed by atoms with Gasteiger partial charge in [-0.25, -0.2) is 4.79 Å². The number of furan rings is 1. The first-order valence-corrected chi connectivity index (χ1v) is 7.22. The molecule has 0 radical (unpaired) electrons. The number of methoxy groups -OCH3 is 1. The van der Waals surface area contributed by atoms with Crippen molar-refractivity contribution in [2.45, 2.75) is 25.8 Å². The van der Waals surface area contributed by atoms with Crippen LogP contribution >= 0.6 is 0 Å². The summed E-state index contributed by atoms with van der Waals surface area (Å²) < 4.78 is 10.3. The summed E-state index contributed by atoms with van der Waals surface area (Å²) in [5.41, 5.74) is 1.02. The van der Waals surface area contributed by atoms with Gasteiger partial charge in [0.25, 0.3) is 0 Å². The van der Waals surface area contributed by atoms with E-state index in [4.69, 9.17) is 14.3 Å². The molecule has 1 unspecified atom stereocenters. The Morgan fingerprint density at radius 2 is 2.09 bits per heavy atom. The van der Waals surface area contributed by atoms with E-state index in [1.165, 1.54) is 12.1 Å². The molecule has 0 aliphatic rings. The zero-order valence-corrected chi connectivity index (χ0v) is 13.0. The fraction of sp³-hybridized carbons (Fsp3) is 0.294. The number of carboxylic acids is 1. The highest BCUT2D eigenvalue weighted by atomic mass is 16.5. The molecule has 1 amide bonds. The number of carboxylic acid groups (broad SMARTS) is 1. The molecule has 2 rings (SSSR count). The van der Waals surface area contributed by atoms with E-state index in [-0.39, 0.29) is 24.1 Å². The lowest BCUT2D eigenvalue weighted by Gasteiger charge is -2.12. The molecule has 2 N–H and O–H groups in total. The lowest BCUT2D eigenvalue weighted by Crippen LogP contribution is -2.23. The zero-order valence-electron chi connectivity index (χ0n) is 13.0. The topological polar surface area (TPSA) is 88.8 Å². The minimum Gasteiger partial charge on any atom is -0.497 e. The van der Waals surface area contributed by atoms with E-state index in [1.54, 1.807) is 7.11 Å². The van der Waals surface area contributed by atoms with Crippen molar-refractivity contribution in [1.82, 2.24) is 5.32 Å². The number of nitrogens with one attached hydrogen (secondary N) is 1. The second kappa shape index (κ2) is 7.49. The molecular formula is C17H19NO5. The predicted octanol–water partition coefficient (Wildman–Crippen LogP) is 2.80. The number of benzene rings is 1. The van der Waals surface area contributed by atoms with Gasteiger partial charge in [-0.15, -0.1) is 0 Å². The number of hydrogen-bond acceptors (Lipinski definition) is 4. The van der Waals surface area contributed by atoms with Crippen LogP contribution in [0.1, 0.15) is 41.1 Å². The summed E-state index contributed by atoms with van der Waals surface area (Å²) >= 11 is 0. The molecule has 1 aromatic heterocycles. The molecule has 0 aliphatic heterocycles. The molecule has 6 nitrogen and oxygen atoms in total. The SMILES string of the molecule is COc1cccc(C(C)CC(=O)NCc2ccc(C(=O)O)o2)c1. The van der Waals surface area contributed by atoms with Crippen molar-refractivity contribution < 1.29 is 23.8 Å². The van der Waals surface area contributed by atoms with Crippen molar-refractivity contribution in [2.75, 3.05) is 7.11 Å². The molecule has 1 atom stereocenters. The van der Waals surface area contributed by atoms with E-state index < -0.39 is 5.97 Å². The Morgan fingerprint density at radius 3 is 2.74 bits per heavy atom. The molecule has 0 fully saturated rings. The van der Waals surface area contributed by atoms with Crippen LogP contribution in [-0.4, -0.2) is 24.1 Å². The molecule has 1 aromatic carbocycles. The van der Waals surface area contributed by atoms with Gasteiger partial charge in [-0.1, -0.05) is 19.1 Å². The van der Waals surface area contributed by atoms with Crippen LogP contribution in [0.25, 0.3) is 0 Å². The standard InChI is InChI=1S/C17H19NO5/c1-11(12-4-3-5-13(9-12)22-2)8-16(19)18-10-14-6-7-15(23-14)17(20)21/h3-7,9,11H,8,10H2,1-2H3,(H,18,19)(H,20,21). The minimum atomic E-state index is -1.13. The predicted molar refractivity (Wildman–Crippen MR) is 83.5 cm³/mol. The largest absolute Gasteiger partial charge is 0.497 e. The summed E-state index contributed by atoms with van der Waals surface area (Å²) in [6.45, 7) is 2.13. The highest BCUT2D eigenvalue weighted by molar-refractivity contribution is 5.84. The number of carbonyl (C=O) groups is 2. The van der Waals surface area contributed by atoms with Gasteiger partial charge in [0.1, 0.15) is 11.5 Å². The van der Waals surface area contributed by atoms with E-state index in [2.05, 4.69) is 5.32 Å². The summed E-state index contributed by atoms with van der Waals surface area (Å²) in [4.78, 5) is 22.7. The summed E-state index contributed by atoms with van der Waals surface area (Å²) in [5, 5.41) is 11.5. The van der Waals surface area contributed by atoms with Crippen molar-refractivity contribution in [3.05, 3.63) is 53.5 Å². The second-order valence-corrected chi connectivity index (χ2v) is 5.23. The molecule has 0 bridgehead atoms. The van der Waals surface area contributed by atoms with E-state index in [1.807, 2.05) is 31.2 Å². The van der Waals surface area contributed by atoms with Crippen LogP contribution in [0.15, 0.2) is 40.8 Å². The molecule has 0 aliphatic carbocycles. The third kappa shape index (κ3) is 4.60. The van der Waals surface area contributed by atoms with E-state index in [9.17, 15) is 9.59 Å². The summed E-state index contributed by atoms with van der Waals surface area (Å²) in [5.74, 6) is -0.200. The van der Waals surface area contributed by atoms with E-state index in [0.717, 1.165) is 11.3 Å². The van der Waals surface area contributed by atoms with Gasteiger partial charge in [-0.2, -0.15) is 0 Å². The van der Waals surface area contributed by atoms with Crippen molar-refractivity contribution in [1.29, 1.82) is 0 Å². The molecule has 0 saturated carbocycles. The average molecular weight is 317 g/mol. The summed E-state index contributed by atoms with van der Waals surface area (Å²) in [6, 6.07) is 10.5. The second-order valence-electron chi connectivity index (χ2n) is 5.23. The number of amides is 1. The van der Waals surface area contributed by atoms with Gasteiger partial charge < -0.3 is 19.6 Å². The molecule has 23 heavy (non-hydrogen) atoms. The molecule has 122 valence electrons. The molecular weight excluding hydrogens is 298 g/mol. The summed E-state index contributed by atoms with van der Waals surface area (Å²) in [6.07, 6.45) is 0.319. The number of rotatable bonds is 7. The number of aromatic carboxylic acids is 1. The van der Waals surface area contributed by atoms with E-state index in [0.29, 0.717) is 12.2 Å². The van der Waals surface area contributed by atoms with Crippen LogP contribution in [0.2, 0.25) is 0 Å². The maximum absolute atomic E-state index is 12.0. The first kappa shape index (κ1) is 16.6. The van der Waals surface area contributed by atoms with Gasteiger partial charge in [0.15, 0.2) is 0 Å². The smallest absolute Gasteiger partial charge is 0.371 e. The fourth-order valence-electron chi connectivity index (χ4n) is 2.19. The minimum absolute atomic E-state index is 0.0382. The lowest BCUT2D eigenvalue weighted by molar-refractivity contribution is -0.121. The van der Waals surface area contributed by atoms with Gasteiger partial charge in [-0.05, 0) is 35.7 Å². The highest BCUT2D eigenvalue weighted by Gasteiger charge is 2.13. The molecule has 0 spiro atoms. The van der Waals surface area contributed by atoms with Crippen LogP contribution in [0.5, 0.6) is 5.75 Å². The van der Waals surface area contributed by atoms with Gasteiger partial charge in [-0.3, -0.25) is 4.79 Å². The van der Waals surface area contributed by atoms with Crippen molar-refractivity contribution in [3.63, 3.8) is 0 Å². The maximum Gasteiger partial charge on any atom is 0.371 e. The monoisotopic (exact) mass is 317 g/mol. The molecule has 1 heterocycles. The van der Waals surface area contributed by atoms with Gasteiger partial charge in [0, 0.05) is 6.42 Å². The van der Waals surface area contributed by atoms with Crippen molar-refractivity contribution >= 4 is 11.9 Å². The number of carbonyl (C=O) groups excluding carboxylic acids is 1. The van der Waals surface area contributed by atoms with Crippen LogP contribution in [0, 0.1) is 0 Å². The van der Waals surface area contributed by atoms with Crippen LogP contribution in [0.4, 0.5) is 0 Å². The number of ether oxygens (including phenoxy) is 1. The van der Waals surface area contributed by atoms with Gasteiger partial charge in [0.05, 0.1) is 13.7 Å². The Bertz CT molecular complexity index is 692. The molecule has 2 aromatic rings. The zero-order chi connectivity index (χ0) is 16.8. The molecule has 6 heteroatoms. The lowest BCUT2D eigenvalue weighted by atomic mass is 9.97. The van der Waals surface area contributed by atoms with Gasteiger partial charge >= 0.3 is 5.97 Å². The third-order valence-corrected chi connectivity index (χ3v) is 3.49. The molecule has 0 saturated heterocycles. The Labute approximate surface area is 134 Å². The Kier molecular flexibility index (Phi) is 5.41. The Morgan fingerprint density at radius 1 is 1.30 bits per heavy atom. The average Bonchev–Trinajstić information content (AvgIpc) is 3.02. The van der Waals surface area contributed by atoms with Gasteiger partial charge in [0.2, 0.25) is 11.7 Å².